The highest BCUT2D eigenvalue weighted by Crippen LogP contribution is 2.32. The van der Waals surface area contributed by atoms with Crippen molar-refractivity contribution < 1.29 is 13.9 Å². The maximum absolute atomic E-state index is 12.6. The fraction of sp³-hybridized carbons (Fsp3) is 0.0370. The Morgan fingerprint density at radius 1 is 1.00 bits per heavy atom. The van der Waals surface area contributed by atoms with Gasteiger partial charge in [-0.25, -0.2) is 0 Å². The number of nitrogens with one attached hydrogen (secondary N) is 1. The lowest BCUT2D eigenvalue weighted by atomic mass is 10.2. The first kappa shape index (κ1) is 23.2. The van der Waals surface area contributed by atoms with Crippen LogP contribution in [0.2, 0.25) is 10.0 Å². The number of carbonyl (C=O) groups excluding carboxylic acids is 1. The molecule has 0 bridgehead atoms. The number of hydrogen-bond donors (Lipinski definition) is 1. The fourth-order valence-electron chi connectivity index (χ4n) is 3.13. The second kappa shape index (κ2) is 10.8. The highest BCUT2D eigenvalue weighted by molar-refractivity contribution is 6.36. The van der Waals surface area contributed by atoms with Gasteiger partial charge in [0.25, 0.3) is 5.91 Å². The maximum Gasteiger partial charge on any atom is 0.266 e. The van der Waals surface area contributed by atoms with Gasteiger partial charge in [0, 0.05) is 22.3 Å². The highest BCUT2D eigenvalue weighted by atomic mass is 35.5. The van der Waals surface area contributed by atoms with Crippen LogP contribution in [0.1, 0.15) is 11.3 Å². The van der Waals surface area contributed by atoms with Gasteiger partial charge in [0.2, 0.25) is 0 Å². The van der Waals surface area contributed by atoms with Crippen molar-refractivity contribution in [2.24, 2.45) is 0 Å². The van der Waals surface area contributed by atoms with Crippen molar-refractivity contribution in [3.05, 3.63) is 112 Å². The van der Waals surface area contributed by atoms with Gasteiger partial charge in [-0.3, -0.25) is 4.79 Å². The summed E-state index contributed by atoms with van der Waals surface area (Å²) in [6, 6.07) is 27.1. The fourth-order valence-corrected chi connectivity index (χ4v) is 3.63. The summed E-state index contributed by atoms with van der Waals surface area (Å²) < 4.78 is 11.5. The molecule has 5 nitrogen and oxygen atoms in total. The van der Waals surface area contributed by atoms with Crippen LogP contribution >= 0.6 is 23.2 Å². The van der Waals surface area contributed by atoms with Crippen molar-refractivity contribution in [2.75, 3.05) is 5.32 Å². The number of benzene rings is 3. The lowest BCUT2D eigenvalue weighted by Crippen LogP contribution is -2.13. The van der Waals surface area contributed by atoms with Gasteiger partial charge in [-0.15, -0.1) is 0 Å². The highest BCUT2D eigenvalue weighted by Gasteiger charge is 2.13. The third-order valence-electron chi connectivity index (χ3n) is 4.84. The zero-order valence-electron chi connectivity index (χ0n) is 17.8. The molecule has 0 saturated carbocycles. The van der Waals surface area contributed by atoms with Crippen LogP contribution in [0.5, 0.6) is 5.75 Å². The molecule has 34 heavy (non-hydrogen) atoms. The van der Waals surface area contributed by atoms with Crippen molar-refractivity contribution in [3.8, 4) is 23.1 Å². The van der Waals surface area contributed by atoms with Crippen LogP contribution in [-0.4, -0.2) is 5.91 Å². The lowest BCUT2D eigenvalue weighted by molar-refractivity contribution is -0.112. The summed E-state index contributed by atoms with van der Waals surface area (Å²) in [6.45, 7) is 0.445. The number of nitriles is 1. The summed E-state index contributed by atoms with van der Waals surface area (Å²) in [5.74, 6) is 0.957. The van der Waals surface area contributed by atoms with E-state index in [1.807, 2.05) is 36.4 Å². The summed E-state index contributed by atoms with van der Waals surface area (Å²) in [5.41, 5.74) is 2.14. The Labute approximate surface area is 206 Å². The first-order chi connectivity index (χ1) is 16.5. The number of anilines is 1. The van der Waals surface area contributed by atoms with Crippen LogP contribution in [-0.2, 0) is 11.4 Å². The minimum atomic E-state index is -0.553. The van der Waals surface area contributed by atoms with Gasteiger partial charge in [-0.1, -0.05) is 53.5 Å². The quantitative estimate of drug-likeness (QED) is 0.217. The zero-order chi connectivity index (χ0) is 23.9. The van der Waals surface area contributed by atoms with Crippen molar-refractivity contribution in [2.45, 2.75) is 6.61 Å². The molecular formula is C27H18Cl2N2O3. The molecule has 3 aromatic carbocycles. The Morgan fingerprint density at radius 3 is 2.47 bits per heavy atom. The number of furan rings is 1. The molecule has 0 aliphatic rings. The van der Waals surface area contributed by atoms with E-state index in [-0.39, 0.29) is 5.57 Å². The Hall–Kier alpha value is -3.98. The summed E-state index contributed by atoms with van der Waals surface area (Å²) >= 11 is 12.2. The van der Waals surface area contributed by atoms with Crippen LogP contribution < -0.4 is 10.1 Å². The van der Waals surface area contributed by atoms with Gasteiger partial charge in [0.1, 0.15) is 35.5 Å². The van der Waals surface area contributed by atoms with E-state index in [9.17, 15) is 10.1 Å². The van der Waals surface area contributed by atoms with E-state index >= 15 is 0 Å². The van der Waals surface area contributed by atoms with Crippen molar-refractivity contribution >= 4 is 40.9 Å². The molecule has 0 fully saturated rings. The average Bonchev–Trinajstić information content (AvgIpc) is 3.31. The smallest absolute Gasteiger partial charge is 0.266 e. The van der Waals surface area contributed by atoms with E-state index in [1.54, 1.807) is 54.6 Å². The Kier molecular flexibility index (Phi) is 7.34. The number of ether oxygens (including phenoxy) is 1. The van der Waals surface area contributed by atoms with Gasteiger partial charge in [0.05, 0.1) is 5.02 Å². The van der Waals surface area contributed by atoms with E-state index < -0.39 is 5.91 Å². The van der Waals surface area contributed by atoms with Gasteiger partial charge in [0.15, 0.2) is 0 Å². The SMILES string of the molecule is N#C/C(=C\c1ccc(-c2ccc(Cl)cc2Cl)o1)C(=O)Nc1ccc(OCc2ccccc2)cc1. The molecule has 1 heterocycles. The molecular weight excluding hydrogens is 471 g/mol. The molecule has 1 aromatic heterocycles. The van der Waals surface area contributed by atoms with Gasteiger partial charge >= 0.3 is 0 Å². The number of amides is 1. The lowest BCUT2D eigenvalue weighted by Gasteiger charge is -2.08. The van der Waals surface area contributed by atoms with Crippen LogP contribution in [0.4, 0.5) is 5.69 Å². The van der Waals surface area contributed by atoms with Crippen LogP contribution in [0.25, 0.3) is 17.4 Å². The molecule has 0 aliphatic heterocycles. The van der Waals surface area contributed by atoms with Crippen molar-refractivity contribution in [3.63, 3.8) is 0 Å². The van der Waals surface area contributed by atoms with E-state index in [0.717, 1.165) is 5.56 Å². The molecule has 4 rings (SSSR count). The Morgan fingerprint density at radius 2 is 1.76 bits per heavy atom. The molecule has 0 aliphatic carbocycles. The molecule has 0 radical (unpaired) electrons. The molecule has 7 heteroatoms. The topological polar surface area (TPSA) is 75.3 Å². The molecule has 1 amide bonds. The zero-order valence-corrected chi connectivity index (χ0v) is 19.3. The number of nitrogens with zero attached hydrogens (tertiary/aromatic N) is 1. The first-order valence-electron chi connectivity index (χ1n) is 10.3. The summed E-state index contributed by atoms with van der Waals surface area (Å²) in [4.78, 5) is 12.6. The second-order valence-electron chi connectivity index (χ2n) is 7.25. The van der Waals surface area contributed by atoms with Gasteiger partial charge in [-0.05, 0) is 60.2 Å². The second-order valence-corrected chi connectivity index (χ2v) is 8.09. The third kappa shape index (κ3) is 5.87. The molecule has 1 N–H and O–H groups in total. The van der Waals surface area contributed by atoms with E-state index in [0.29, 0.717) is 45.2 Å². The molecule has 4 aromatic rings. The standard InChI is InChI=1S/C27H18Cl2N2O3/c28-20-6-12-24(25(29)15-20)26-13-11-23(34-26)14-19(16-30)27(32)31-21-7-9-22(10-8-21)33-17-18-4-2-1-3-5-18/h1-15H,17H2,(H,31,32)/b19-14+. The van der Waals surface area contributed by atoms with Crippen molar-refractivity contribution in [1.82, 2.24) is 0 Å². The number of rotatable bonds is 7. The van der Waals surface area contributed by atoms with Crippen LogP contribution in [0.15, 0.2) is 94.9 Å². The first-order valence-corrected chi connectivity index (χ1v) is 11.0. The molecule has 0 atom stereocenters. The number of halogens is 2. The van der Waals surface area contributed by atoms with Crippen molar-refractivity contribution in [1.29, 1.82) is 5.26 Å². The predicted octanol–water partition coefficient (Wildman–Crippen LogP) is 7.38. The summed E-state index contributed by atoms with van der Waals surface area (Å²) in [7, 11) is 0. The minimum Gasteiger partial charge on any atom is -0.489 e. The monoisotopic (exact) mass is 488 g/mol. The van der Waals surface area contributed by atoms with Gasteiger partial charge in [-0.2, -0.15) is 5.26 Å². The number of carbonyl (C=O) groups is 1. The Balaban J connectivity index is 1.41. The van der Waals surface area contributed by atoms with E-state index in [1.165, 1.54) is 6.08 Å². The normalized spacial score (nSPS) is 11.0. The predicted molar refractivity (Wildman–Crippen MR) is 134 cm³/mol. The van der Waals surface area contributed by atoms with Crippen LogP contribution in [0.3, 0.4) is 0 Å². The van der Waals surface area contributed by atoms with E-state index in [4.69, 9.17) is 32.4 Å². The largest absolute Gasteiger partial charge is 0.489 e. The molecule has 168 valence electrons. The summed E-state index contributed by atoms with van der Waals surface area (Å²) in [5, 5.41) is 13.1. The summed E-state index contributed by atoms with van der Waals surface area (Å²) in [6.07, 6.45) is 1.37. The number of hydrogen-bond acceptors (Lipinski definition) is 4. The van der Waals surface area contributed by atoms with Crippen LogP contribution in [0, 0.1) is 11.3 Å². The van der Waals surface area contributed by atoms with Gasteiger partial charge < -0.3 is 14.5 Å². The maximum atomic E-state index is 12.6. The Bertz CT molecular complexity index is 1370. The molecule has 0 saturated heterocycles. The molecule has 0 unspecified atom stereocenters. The third-order valence-corrected chi connectivity index (χ3v) is 5.38. The minimum absolute atomic E-state index is 0.104. The average molecular weight is 489 g/mol. The van der Waals surface area contributed by atoms with E-state index in [2.05, 4.69) is 5.32 Å². The molecule has 0 spiro atoms.